The molecule has 0 aromatic heterocycles. The molecule has 4 fully saturated rings. The number of nitrogens with one attached hydrogen (secondary N) is 1. The van der Waals surface area contributed by atoms with Crippen molar-refractivity contribution in [3.8, 4) is 11.5 Å². The van der Waals surface area contributed by atoms with Crippen molar-refractivity contribution < 1.29 is 51.4 Å². The Morgan fingerprint density at radius 3 is 2.38 bits per heavy atom. The van der Waals surface area contributed by atoms with Crippen LogP contribution in [-0.4, -0.2) is 77.0 Å². The monoisotopic (exact) mass is 752 g/mol. The van der Waals surface area contributed by atoms with Gasteiger partial charge in [-0.05, 0) is 73.1 Å². The molecular formula is C41H57BrN2O6. The summed E-state index contributed by atoms with van der Waals surface area (Å²) in [7, 11) is 0. The maximum atomic E-state index is 12.0. The van der Waals surface area contributed by atoms with E-state index in [1.54, 1.807) is 12.1 Å². The zero-order valence-electron chi connectivity index (χ0n) is 29.8. The minimum Gasteiger partial charge on any atom is -1.00 e. The summed E-state index contributed by atoms with van der Waals surface area (Å²) in [5, 5.41) is 45.3. The van der Waals surface area contributed by atoms with Crippen molar-refractivity contribution in [1.82, 2.24) is 5.32 Å². The fourth-order valence-corrected chi connectivity index (χ4v) is 8.67. The predicted molar refractivity (Wildman–Crippen MR) is 191 cm³/mol. The summed E-state index contributed by atoms with van der Waals surface area (Å²) in [6, 6.07) is 21.3. The number of aromatic hydroxyl groups is 1. The van der Waals surface area contributed by atoms with Gasteiger partial charge in [0.2, 0.25) is 0 Å². The van der Waals surface area contributed by atoms with Gasteiger partial charge < -0.3 is 56.7 Å². The summed E-state index contributed by atoms with van der Waals surface area (Å²) in [5.41, 5.74) is 3.35. The molecule has 9 heteroatoms. The molecule has 3 aromatic carbocycles. The van der Waals surface area contributed by atoms with Crippen LogP contribution >= 0.6 is 0 Å². The van der Waals surface area contributed by atoms with Crippen LogP contribution in [0.25, 0.3) is 0 Å². The second-order valence-corrected chi connectivity index (χ2v) is 15.1. The van der Waals surface area contributed by atoms with Crippen LogP contribution in [0, 0.1) is 18.8 Å². The molecule has 7 rings (SSSR count). The average molecular weight is 754 g/mol. The van der Waals surface area contributed by atoms with E-state index < -0.39 is 11.7 Å². The van der Waals surface area contributed by atoms with Gasteiger partial charge in [0.05, 0.1) is 45.6 Å². The highest BCUT2D eigenvalue weighted by Crippen LogP contribution is 2.43. The number of aliphatic hydroxyl groups excluding tert-OH is 2. The maximum absolute atomic E-state index is 12.0. The molecule has 1 saturated carbocycles. The molecule has 3 heterocycles. The minimum absolute atomic E-state index is 0. The first kappa shape index (κ1) is 38.7. The van der Waals surface area contributed by atoms with Crippen molar-refractivity contribution in [3.63, 3.8) is 0 Å². The second-order valence-electron chi connectivity index (χ2n) is 15.1. The summed E-state index contributed by atoms with van der Waals surface area (Å²) in [5.74, 6) is 1.79. The predicted octanol–water partition coefficient (Wildman–Crippen LogP) is 3.05. The summed E-state index contributed by atoms with van der Waals surface area (Å²) >= 11 is 0. The summed E-state index contributed by atoms with van der Waals surface area (Å²) in [4.78, 5) is 0. The van der Waals surface area contributed by atoms with Crippen molar-refractivity contribution in [1.29, 1.82) is 0 Å². The number of hydrogen-bond donors (Lipinski definition) is 5. The van der Waals surface area contributed by atoms with Gasteiger partial charge >= 0.3 is 0 Å². The second kappa shape index (κ2) is 17.3. The van der Waals surface area contributed by atoms with Crippen LogP contribution in [0.15, 0.2) is 66.7 Å². The van der Waals surface area contributed by atoms with Gasteiger partial charge in [-0.3, -0.25) is 0 Å². The fourth-order valence-electron chi connectivity index (χ4n) is 8.67. The average Bonchev–Trinajstić information content (AvgIpc) is 3.69. The lowest BCUT2D eigenvalue weighted by Crippen LogP contribution is -3.00. The number of piperidine rings is 3. The zero-order valence-corrected chi connectivity index (χ0v) is 31.4. The van der Waals surface area contributed by atoms with E-state index >= 15 is 0 Å². The first-order valence-corrected chi connectivity index (χ1v) is 18.5. The van der Waals surface area contributed by atoms with Crippen molar-refractivity contribution in [2.24, 2.45) is 11.8 Å². The van der Waals surface area contributed by atoms with Crippen molar-refractivity contribution in [2.45, 2.75) is 89.3 Å². The van der Waals surface area contributed by atoms with Gasteiger partial charge in [0, 0.05) is 43.3 Å². The Morgan fingerprint density at radius 2 is 1.68 bits per heavy atom. The molecular weight excluding hydrogens is 696 g/mol. The van der Waals surface area contributed by atoms with Crippen LogP contribution in [0.5, 0.6) is 11.5 Å². The Balaban J connectivity index is 0.00000486. The highest BCUT2D eigenvalue weighted by Gasteiger charge is 2.48. The Kier molecular flexibility index (Phi) is 13.4. The Hall–Kier alpha value is -2.50. The highest BCUT2D eigenvalue weighted by atomic mass is 79.9. The third kappa shape index (κ3) is 8.92. The van der Waals surface area contributed by atoms with Gasteiger partial charge in [-0.2, -0.15) is 0 Å². The third-order valence-electron chi connectivity index (χ3n) is 11.9. The zero-order chi connectivity index (χ0) is 34.4. The smallest absolute Gasteiger partial charge is 0.122 e. The fraction of sp³-hybridized carbons (Fsp3) is 0.561. The molecule has 274 valence electrons. The van der Waals surface area contributed by atoms with Crippen LogP contribution in [0.4, 0.5) is 0 Å². The summed E-state index contributed by atoms with van der Waals surface area (Å²) in [6.07, 6.45) is 7.34. The van der Waals surface area contributed by atoms with E-state index in [1.165, 1.54) is 44.8 Å². The number of benzene rings is 3. The van der Waals surface area contributed by atoms with E-state index in [2.05, 4.69) is 43.4 Å². The Bertz CT molecular complexity index is 1510. The first-order valence-electron chi connectivity index (χ1n) is 18.5. The normalized spacial score (nSPS) is 24.3. The molecule has 3 saturated heterocycles. The van der Waals surface area contributed by atoms with E-state index in [4.69, 9.17) is 9.47 Å². The Morgan fingerprint density at radius 1 is 0.960 bits per heavy atom. The minimum atomic E-state index is -0.913. The lowest BCUT2D eigenvalue weighted by Gasteiger charge is -2.53. The van der Waals surface area contributed by atoms with Crippen molar-refractivity contribution >= 4 is 0 Å². The van der Waals surface area contributed by atoms with Gasteiger partial charge in [-0.1, -0.05) is 61.4 Å². The molecule has 0 spiro atoms. The summed E-state index contributed by atoms with van der Waals surface area (Å²) < 4.78 is 14.1. The van der Waals surface area contributed by atoms with Crippen LogP contribution in [0.1, 0.15) is 91.8 Å². The topological polar surface area (TPSA) is 111 Å². The molecule has 1 aliphatic carbocycles. The number of hydrogen-bond acceptors (Lipinski definition) is 7. The molecule has 5 N–H and O–H groups in total. The van der Waals surface area contributed by atoms with E-state index in [-0.39, 0.29) is 47.4 Å². The summed E-state index contributed by atoms with van der Waals surface area (Å²) in [6.45, 7) is 9.81. The van der Waals surface area contributed by atoms with Gasteiger partial charge in [-0.25, -0.2) is 0 Å². The first-order chi connectivity index (χ1) is 23.7. The number of quaternary nitrogens is 1. The molecule has 0 radical (unpaired) electrons. The Labute approximate surface area is 308 Å². The molecule has 4 atom stereocenters. The molecule has 8 nitrogen and oxygen atoms in total. The SMILES string of the molecule is Cc1cc(C(C)NC[C@H](O)c2ccc(O)c(CO)c2)ccc1OCCC[N+]12CCC(CC1)[C@@H](OC[C@@](O)(c1ccccc1)C1CCCC1)C2.[Br-]. The van der Waals surface area contributed by atoms with Crippen LogP contribution in [-0.2, 0) is 16.9 Å². The number of rotatable bonds is 16. The number of nitrogens with zero attached hydrogens (tertiary/aromatic N) is 1. The van der Waals surface area contributed by atoms with Gasteiger partial charge in [0.15, 0.2) is 0 Å². The van der Waals surface area contributed by atoms with Crippen molar-refractivity contribution in [3.05, 3.63) is 94.5 Å². The van der Waals surface area contributed by atoms with Gasteiger partial charge in [0.1, 0.15) is 29.7 Å². The maximum Gasteiger partial charge on any atom is 0.122 e. The molecule has 3 aliphatic heterocycles. The number of fused-ring (bicyclic) bond motifs is 3. The quantitative estimate of drug-likeness (QED) is 0.113. The van der Waals surface area contributed by atoms with E-state index in [0.717, 1.165) is 59.3 Å². The largest absolute Gasteiger partial charge is 1.00 e. The lowest BCUT2D eigenvalue weighted by molar-refractivity contribution is -0.946. The number of halogens is 1. The van der Waals surface area contributed by atoms with Crippen LogP contribution < -0.4 is 27.0 Å². The molecule has 1 unspecified atom stereocenters. The number of phenols is 1. The van der Waals surface area contributed by atoms with Gasteiger partial charge in [0.25, 0.3) is 0 Å². The van der Waals surface area contributed by atoms with Crippen molar-refractivity contribution in [2.75, 3.05) is 45.9 Å². The molecule has 2 bridgehead atoms. The number of ether oxygens (including phenoxy) is 2. The molecule has 0 amide bonds. The molecule has 50 heavy (non-hydrogen) atoms. The van der Waals surface area contributed by atoms with E-state index in [1.807, 2.05) is 24.3 Å². The molecule has 4 aliphatic rings. The van der Waals surface area contributed by atoms with E-state index in [9.17, 15) is 20.4 Å². The van der Waals surface area contributed by atoms with Crippen LogP contribution in [0.2, 0.25) is 0 Å². The van der Waals surface area contributed by atoms with Gasteiger partial charge in [-0.15, -0.1) is 0 Å². The van der Waals surface area contributed by atoms with Crippen LogP contribution in [0.3, 0.4) is 0 Å². The molecule has 3 aromatic rings. The number of aryl methyl sites for hydroxylation is 1. The number of aliphatic hydroxyl groups is 3. The lowest BCUT2D eigenvalue weighted by atomic mass is 9.80. The van der Waals surface area contributed by atoms with E-state index in [0.29, 0.717) is 36.8 Å². The third-order valence-corrected chi connectivity index (χ3v) is 11.9. The standard InChI is InChI=1S/C41H56N2O6.BrH/c1-29-23-32(30(2)42-25-38(46)33-13-15-37(45)34(24-33)27-44)14-16-39(29)48-22-8-19-43-20-17-31(18-21-43)40(26-43)49-28-41(47,36-11-6-7-12-36)35-9-4-3-5-10-35;/h3-5,9-10,13-16,23-24,30-31,36,38,40,42,44,46-47H,6-8,11-12,17-22,25-28H2,1-2H3;1H/t30?,31?,38-,40-,41+,43?;/m0./s1. The highest BCUT2D eigenvalue weighted by molar-refractivity contribution is 5.38.